The van der Waals surface area contributed by atoms with E-state index in [1.165, 1.54) is 47.8 Å². The molecule has 1 aliphatic carbocycles. The Morgan fingerprint density at radius 1 is 1.12 bits per heavy atom. The predicted octanol–water partition coefficient (Wildman–Crippen LogP) is 3.99. The number of rotatable bonds is 2. The molecule has 1 aromatic heterocycles. The lowest BCUT2D eigenvalue weighted by Gasteiger charge is -2.40. The zero-order chi connectivity index (χ0) is 17.0. The lowest BCUT2D eigenvalue weighted by atomic mass is 9.88. The minimum atomic E-state index is 0.561. The number of fused-ring (bicyclic) bond motifs is 3. The number of benzene rings is 2. The van der Waals surface area contributed by atoms with E-state index >= 15 is 0 Å². The summed E-state index contributed by atoms with van der Waals surface area (Å²) in [5.41, 5.74) is 7.62. The third kappa shape index (κ3) is 2.27. The van der Waals surface area contributed by atoms with Crippen LogP contribution in [0.5, 0.6) is 0 Å². The van der Waals surface area contributed by atoms with Gasteiger partial charge < -0.3 is 9.47 Å². The lowest BCUT2D eigenvalue weighted by Crippen LogP contribution is -3.13. The van der Waals surface area contributed by atoms with Gasteiger partial charge in [0, 0.05) is 22.9 Å². The molecule has 1 N–H and O–H groups in total. The molecule has 5 rings (SSSR count). The van der Waals surface area contributed by atoms with Crippen LogP contribution < -0.4 is 4.90 Å². The Bertz CT molecular complexity index is 922. The Morgan fingerprint density at radius 3 is 2.80 bits per heavy atom. The van der Waals surface area contributed by atoms with Gasteiger partial charge in [-0.1, -0.05) is 42.0 Å². The summed E-state index contributed by atoms with van der Waals surface area (Å²) < 4.78 is 2.65. The third-order valence-electron chi connectivity index (χ3n) is 6.55. The predicted molar refractivity (Wildman–Crippen MR) is 103 cm³/mol. The van der Waals surface area contributed by atoms with Gasteiger partial charge in [0.25, 0.3) is 0 Å². The fraction of sp³-hybridized carbons (Fsp3) is 0.391. The van der Waals surface area contributed by atoms with E-state index in [0.717, 1.165) is 6.54 Å². The topological polar surface area (TPSA) is 9.37 Å². The number of hydrogen-bond donors (Lipinski definition) is 1. The van der Waals surface area contributed by atoms with Gasteiger partial charge in [0.05, 0.1) is 18.8 Å². The van der Waals surface area contributed by atoms with E-state index in [1.54, 1.807) is 16.2 Å². The van der Waals surface area contributed by atoms with E-state index in [2.05, 4.69) is 66.9 Å². The Hall–Kier alpha value is -2.06. The smallest absolute Gasteiger partial charge is 0.129 e. The summed E-state index contributed by atoms with van der Waals surface area (Å²) in [5.74, 6) is 0. The molecule has 2 nitrogen and oxygen atoms in total. The molecule has 2 heterocycles. The van der Waals surface area contributed by atoms with Crippen LogP contribution in [0, 0.1) is 6.92 Å². The highest BCUT2D eigenvalue weighted by Gasteiger charge is 2.40. The average Bonchev–Trinajstić information content (AvgIpc) is 2.97. The molecule has 2 aliphatic rings. The van der Waals surface area contributed by atoms with Crippen molar-refractivity contribution in [1.82, 2.24) is 4.57 Å². The maximum atomic E-state index is 2.65. The first-order valence-electron chi connectivity index (χ1n) is 9.76. The molecule has 1 aliphatic heterocycles. The van der Waals surface area contributed by atoms with Crippen LogP contribution in [-0.4, -0.2) is 11.1 Å². The van der Waals surface area contributed by atoms with Crippen molar-refractivity contribution in [2.75, 3.05) is 6.54 Å². The molecule has 2 aromatic carbocycles. The second-order valence-corrected chi connectivity index (χ2v) is 7.94. The highest BCUT2D eigenvalue weighted by Crippen LogP contribution is 2.38. The monoisotopic (exact) mass is 331 g/mol. The molecule has 25 heavy (non-hydrogen) atoms. The highest BCUT2D eigenvalue weighted by molar-refractivity contribution is 5.86. The van der Waals surface area contributed by atoms with Crippen molar-refractivity contribution in [3.8, 4) is 0 Å². The quantitative estimate of drug-likeness (QED) is 0.727. The van der Waals surface area contributed by atoms with Crippen molar-refractivity contribution in [3.05, 3.63) is 70.9 Å². The van der Waals surface area contributed by atoms with Crippen molar-refractivity contribution >= 4 is 10.9 Å². The second kappa shape index (κ2) is 5.74. The van der Waals surface area contributed by atoms with Crippen LogP contribution in [-0.2, 0) is 13.0 Å². The zero-order valence-electron chi connectivity index (χ0n) is 15.3. The van der Waals surface area contributed by atoms with E-state index in [-0.39, 0.29) is 0 Å². The maximum Gasteiger partial charge on any atom is 0.129 e. The van der Waals surface area contributed by atoms with Crippen LogP contribution in [0.15, 0.2) is 48.5 Å². The van der Waals surface area contributed by atoms with Crippen LogP contribution in [0.2, 0.25) is 0 Å². The molecular weight excluding hydrogens is 304 g/mol. The van der Waals surface area contributed by atoms with Crippen molar-refractivity contribution in [2.45, 2.75) is 51.7 Å². The summed E-state index contributed by atoms with van der Waals surface area (Å²) in [6.07, 6.45) is 3.91. The van der Waals surface area contributed by atoms with Crippen LogP contribution in [0.1, 0.15) is 54.2 Å². The van der Waals surface area contributed by atoms with E-state index in [4.69, 9.17) is 0 Å². The van der Waals surface area contributed by atoms with Gasteiger partial charge in [0.1, 0.15) is 12.1 Å². The zero-order valence-corrected chi connectivity index (χ0v) is 15.3. The molecule has 0 bridgehead atoms. The molecule has 128 valence electrons. The summed E-state index contributed by atoms with van der Waals surface area (Å²) in [6.45, 7) is 7.02. The van der Waals surface area contributed by atoms with Crippen molar-refractivity contribution in [3.63, 3.8) is 0 Å². The molecule has 0 amide bonds. The standard InChI is InChI=1S/C23H26N2/c1-16-11-12-21-20(15-16)19-9-6-10-22-23(19)25(21)14-13-24(22)17(2)18-7-4-3-5-8-18/h3-5,7-8,11-12,15,17,22H,6,9-10,13-14H2,1-2H3/p+1/t17-,22-/m0/s1. The molecular formula is C23H27N2+. The fourth-order valence-electron chi connectivity index (χ4n) is 5.33. The van der Waals surface area contributed by atoms with Crippen molar-refractivity contribution < 1.29 is 4.90 Å². The first kappa shape index (κ1) is 15.2. The minimum Gasteiger partial charge on any atom is -0.334 e. The number of aromatic nitrogens is 1. The molecule has 0 saturated heterocycles. The summed E-state index contributed by atoms with van der Waals surface area (Å²) >= 11 is 0. The van der Waals surface area contributed by atoms with Gasteiger partial charge in [0.15, 0.2) is 0 Å². The van der Waals surface area contributed by atoms with E-state index < -0.39 is 0 Å². The van der Waals surface area contributed by atoms with E-state index in [9.17, 15) is 0 Å². The highest BCUT2D eigenvalue weighted by atomic mass is 15.3. The number of nitrogens with zero attached hydrogens (tertiary/aromatic N) is 1. The van der Waals surface area contributed by atoms with E-state index in [0.29, 0.717) is 12.1 Å². The van der Waals surface area contributed by atoms with Crippen molar-refractivity contribution in [1.29, 1.82) is 0 Å². The summed E-state index contributed by atoms with van der Waals surface area (Å²) in [7, 11) is 0. The van der Waals surface area contributed by atoms with E-state index in [1.807, 2.05) is 0 Å². The van der Waals surface area contributed by atoms with Crippen LogP contribution in [0.4, 0.5) is 0 Å². The average molecular weight is 331 g/mol. The second-order valence-electron chi connectivity index (χ2n) is 7.94. The lowest BCUT2D eigenvalue weighted by molar-refractivity contribution is -0.965. The summed E-state index contributed by atoms with van der Waals surface area (Å²) in [5, 5.41) is 1.52. The Balaban J connectivity index is 1.63. The molecule has 0 fully saturated rings. The number of hydrogen-bond acceptors (Lipinski definition) is 0. The molecule has 1 unspecified atom stereocenters. The number of aryl methyl sites for hydroxylation is 2. The first-order valence-corrected chi connectivity index (χ1v) is 9.76. The normalized spacial score (nSPS) is 23.4. The number of nitrogens with one attached hydrogen (secondary N) is 1. The van der Waals surface area contributed by atoms with Crippen LogP contribution >= 0.6 is 0 Å². The Morgan fingerprint density at radius 2 is 1.96 bits per heavy atom. The van der Waals surface area contributed by atoms with Gasteiger partial charge in [-0.15, -0.1) is 0 Å². The number of quaternary nitrogens is 1. The van der Waals surface area contributed by atoms with Gasteiger partial charge in [-0.25, -0.2) is 0 Å². The van der Waals surface area contributed by atoms with Gasteiger partial charge in [-0.3, -0.25) is 0 Å². The molecule has 0 radical (unpaired) electrons. The molecule has 3 aromatic rings. The van der Waals surface area contributed by atoms with Crippen molar-refractivity contribution in [2.24, 2.45) is 0 Å². The molecule has 0 saturated carbocycles. The van der Waals surface area contributed by atoms with Gasteiger partial charge in [-0.2, -0.15) is 0 Å². The largest absolute Gasteiger partial charge is 0.334 e. The van der Waals surface area contributed by atoms with Crippen LogP contribution in [0.3, 0.4) is 0 Å². The molecule has 3 atom stereocenters. The van der Waals surface area contributed by atoms with Crippen LogP contribution in [0.25, 0.3) is 10.9 Å². The third-order valence-corrected chi connectivity index (χ3v) is 6.55. The van der Waals surface area contributed by atoms with Gasteiger partial charge in [-0.05, 0) is 44.4 Å². The SMILES string of the molecule is Cc1ccc2c(c1)c1c3n2CC[NH+]([C@@H](C)c2ccccc2)[C@H]3CCC1. The van der Waals surface area contributed by atoms with Gasteiger partial charge >= 0.3 is 0 Å². The minimum absolute atomic E-state index is 0.561. The molecule has 2 heteroatoms. The maximum absolute atomic E-state index is 2.65. The molecule has 0 spiro atoms. The summed E-state index contributed by atoms with van der Waals surface area (Å²) in [6, 6.07) is 19.3. The Labute approximate surface area is 150 Å². The first-order chi connectivity index (χ1) is 12.2. The summed E-state index contributed by atoms with van der Waals surface area (Å²) in [4.78, 5) is 1.76. The fourth-order valence-corrected chi connectivity index (χ4v) is 5.33. The Kier molecular flexibility index (Phi) is 3.49. The van der Waals surface area contributed by atoms with Gasteiger partial charge in [0.2, 0.25) is 0 Å².